The molecule has 0 saturated carbocycles. The second-order valence-electron chi connectivity index (χ2n) is 3.44. The fourth-order valence-electron chi connectivity index (χ4n) is 1.11. The van der Waals surface area contributed by atoms with E-state index in [0.717, 1.165) is 18.2 Å². The highest BCUT2D eigenvalue weighted by Gasteiger charge is 2.12. The number of anilines is 1. The molecule has 0 atom stereocenters. The van der Waals surface area contributed by atoms with Gasteiger partial charge in [-0.05, 0) is 25.1 Å². The van der Waals surface area contributed by atoms with E-state index in [-0.39, 0.29) is 11.3 Å². The van der Waals surface area contributed by atoms with E-state index in [9.17, 15) is 14.0 Å². The zero-order valence-electron chi connectivity index (χ0n) is 9.53. The predicted molar refractivity (Wildman–Crippen MR) is 60.7 cm³/mol. The molecule has 0 aliphatic rings. The van der Waals surface area contributed by atoms with Gasteiger partial charge in [0.05, 0.1) is 11.3 Å². The van der Waals surface area contributed by atoms with Gasteiger partial charge in [0.2, 0.25) is 0 Å². The van der Waals surface area contributed by atoms with Crippen molar-refractivity contribution in [1.82, 2.24) is 4.90 Å². The fourth-order valence-corrected chi connectivity index (χ4v) is 1.11. The summed E-state index contributed by atoms with van der Waals surface area (Å²) in [7, 11) is 1.55. The molecule has 0 aliphatic carbocycles. The number of aromatic carboxylic acids is 1. The molecule has 0 bridgehead atoms. The van der Waals surface area contributed by atoms with Gasteiger partial charge in [-0.15, -0.1) is 0 Å². The fraction of sp³-hybridized carbons (Fsp3) is 0.273. The van der Waals surface area contributed by atoms with Crippen LogP contribution in [0.1, 0.15) is 17.3 Å². The molecule has 2 amide bonds. The summed E-state index contributed by atoms with van der Waals surface area (Å²) < 4.78 is 13.3. The number of benzene rings is 1. The van der Waals surface area contributed by atoms with Crippen molar-refractivity contribution in [2.75, 3.05) is 18.9 Å². The molecule has 0 heterocycles. The molecule has 0 saturated heterocycles. The van der Waals surface area contributed by atoms with Gasteiger partial charge in [0.25, 0.3) is 0 Å². The molecule has 0 fully saturated rings. The molecule has 92 valence electrons. The van der Waals surface area contributed by atoms with Crippen LogP contribution in [0.25, 0.3) is 0 Å². The molecule has 0 aliphatic heterocycles. The topological polar surface area (TPSA) is 69.6 Å². The van der Waals surface area contributed by atoms with Crippen LogP contribution in [0, 0.1) is 5.82 Å². The van der Waals surface area contributed by atoms with Crippen LogP contribution >= 0.6 is 0 Å². The molecule has 1 rings (SSSR count). The second-order valence-corrected chi connectivity index (χ2v) is 3.44. The maximum absolute atomic E-state index is 13.3. The molecule has 1 aromatic rings. The Hall–Kier alpha value is -2.11. The number of rotatable bonds is 3. The van der Waals surface area contributed by atoms with Gasteiger partial charge in [-0.3, -0.25) is 0 Å². The van der Waals surface area contributed by atoms with Crippen molar-refractivity contribution in [2.45, 2.75) is 6.92 Å². The van der Waals surface area contributed by atoms with Gasteiger partial charge in [0.15, 0.2) is 0 Å². The molecule has 1 aromatic carbocycles. The number of carboxylic acid groups (broad SMARTS) is 1. The number of amides is 2. The Kier molecular flexibility index (Phi) is 4.03. The Morgan fingerprint density at radius 1 is 1.47 bits per heavy atom. The van der Waals surface area contributed by atoms with Crippen LogP contribution in [0.2, 0.25) is 0 Å². The van der Waals surface area contributed by atoms with Crippen LogP contribution in [0.5, 0.6) is 0 Å². The van der Waals surface area contributed by atoms with Crippen molar-refractivity contribution >= 4 is 17.7 Å². The first-order valence-corrected chi connectivity index (χ1v) is 5.00. The molecular weight excluding hydrogens is 227 g/mol. The molecule has 0 aromatic heterocycles. The Morgan fingerprint density at radius 2 is 2.12 bits per heavy atom. The highest BCUT2D eigenvalue weighted by Crippen LogP contribution is 2.16. The summed E-state index contributed by atoms with van der Waals surface area (Å²) in [5.74, 6) is -1.85. The Labute approximate surface area is 97.8 Å². The van der Waals surface area contributed by atoms with E-state index in [0.29, 0.717) is 6.54 Å². The molecule has 0 unspecified atom stereocenters. The summed E-state index contributed by atoms with van der Waals surface area (Å²) in [5.41, 5.74) is -0.226. The minimum Gasteiger partial charge on any atom is -0.478 e. The summed E-state index contributed by atoms with van der Waals surface area (Å²) in [6.45, 7) is 2.23. The number of carboxylic acids is 1. The maximum atomic E-state index is 13.3. The zero-order chi connectivity index (χ0) is 13.0. The Bertz CT molecular complexity index is 448. The zero-order valence-corrected chi connectivity index (χ0v) is 9.53. The molecular formula is C11H13FN2O3. The number of hydrogen-bond donors (Lipinski definition) is 2. The number of nitrogens with one attached hydrogen (secondary N) is 1. The average molecular weight is 240 g/mol. The Balaban J connectivity index is 2.94. The van der Waals surface area contributed by atoms with Crippen molar-refractivity contribution in [3.8, 4) is 0 Å². The highest BCUT2D eigenvalue weighted by atomic mass is 19.1. The second kappa shape index (κ2) is 5.29. The van der Waals surface area contributed by atoms with E-state index in [4.69, 9.17) is 5.11 Å². The van der Waals surface area contributed by atoms with Gasteiger partial charge in [-0.1, -0.05) is 0 Å². The SMILES string of the molecule is CCN(C)C(=O)Nc1cc(C(=O)O)ccc1F. The maximum Gasteiger partial charge on any atom is 0.335 e. The van der Waals surface area contributed by atoms with E-state index in [1.807, 2.05) is 0 Å². The summed E-state index contributed by atoms with van der Waals surface area (Å²) in [5, 5.41) is 11.0. The van der Waals surface area contributed by atoms with Crippen LogP contribution in [-0.2, 0) is 0 Å². The van der Waals surface area contributed by atoms with Crippen LogP contribution in [0.4, 0.5) is 14.9 Å². The van der Waals surface area contributed by atoms with E-state index < -0.39 is 17.8 Å². The van der Waals surface area contributed by atoms with E-state index >= 15 is 0 Å². The first-order valence-electron chi connectivity index (χ1n) is 5.00. The summed E-state index contributed by atoms with van der Waals surface area (Å²) in [6.07, 6.45) is 0. The van der Waals surface area contributed by atoms with E-state index in [1.165, 1.54) is 4.90 Å². The monoisotopic (exact) mass is 240 g/mol. The van der Waals surface area contributed by atoms with Gasteiger partial charge in [-0.2, -0.15) is 0 Å². The molecule has 5 nitrogen and oxygen atoms in total. The number of carbonyl (C=O) groups excluding carboxylic acids is 1. The molecule has 6 heteroatoms. The lowest BCUT2D eigenvalue weighted by molar-refractivity contribution is 0.0697. The quantitative estimate of drug-likeness (QED) is 0.849. The lowest BCUT2D eigenvalue weighted by atomic mass is 10.2. The van der Waals surface area contributed by atoms with Crippen molar-refractivity contribution in [1.29, 1.82) is 0 Å². The largest absolute Gasteiger partial charge is 0.478 e. The van der Waals surface area contributed by atoms with Crippen LogP contribution in [-0.4, -0.2) is 35.6 Å². The normalized spacial score (nSPS) is 9.82. The third-order valence-corrected chi connectivity index (χ3v) is 2.28. The average Bonchev–Trinajstić information content (AvgIpc) is 2.30. The third-order valence-electron chi connectivity index (χ3n) is 2.28. The number of nitrogens with zero attached hydrogens (tertiary/aromatic N) is 1. The summed E-state index contributed by atoms with van der Waals surface area (Å²) in [4.78, 5) is 23.5. The lowest BCUT2D eigenvalue weighted by Crippen LogP contribution is -2.31. The minimum absolute atomic E-state index is 0.0825. The molecule has 2 N–H and O–H groups in total. The summed E-state index contributed by atoms with van der Waals surface area (Å²) in [6, 6.07) is 2.73. The molecule has 0 radical (unpaired) electrons. The van der Waals surface area contributed by atoms with Crippen LogP contribution in [0.3, 0.4) is 0 Å². The van der Waals surface area contributed by atoms with E-state index in [2.05, 4.69) is 5.32 Å². The predicted octanol–water partition coefficient (Wildman–Crippen LogP) is 2.01. The number of halogens is 1. The van der Waals surface area contributed by atoms with E-state index in [1.54, 1.807) is 14.0 Å². The van der Waals surface area contributed by atoms with Gasteiger partial charge < -0.3 is 15.3 Å². The van der Waals surface area contributed by atoms with Crippen LogP contribution in [0.15, 0.2) is 18.2 Å². The highest BCUT2D eigenvalue weighted by molar-refractivity contribution is 5.93. The van der Waals surface area contributed by atoms with Gasteiger partial charge in [0, 0.05) is 13.6 Å². The third kappa shape index (κ3) is 3.17. The smallest absolute Gasteiger partial charge is 0.335 e. The number of urea groups is 1. The number of hydrogen-bond acceptors (Lipinski definition) is 2. The molecule has 17 heavy (non-hydrogen) atoms. The minimum atomic E-state index is -1.18. The Morgan fingerprint density at radius 3 is 2.65 bits per heavy atom. The number of carbonyl (C=O) groups is 2. The van der Waals surface area contributed by atoms with Crippen molar-refractivity contribution in [2.24, 2.45) is 0 Å². The first-order chi connectivity index (χ1) is 7.95. The van der Waals surface area contributed by atoms with Gasteiger partial charge in [0.1, 0.15) is 5.82 Å². The lowest BCUT2D eigenvalue weighted by Gasteiger charge is -2.16. The van der Waals surface area contributed by atoms with Crippen molar-refractivity contribution in [3.63, 3.8) is 0 Å². The standard InChI is InChI=1S/C11H13FN2O3/c1-3-14(2)11(17)13-9-6-7(10(15)16)4-5-8(9)12/h4-6H,3H2,1-2H3,(H,13,17)(H,15,16). The first kappa shape index (κ1) is 13.0. The molecule has 0 spiro atoms. The van der Waals surface area contributed by atoms with Crippen molar-refractivity contribution in [3.05, 3.63) is 29.6 Å². The van der Waals surface area contributed by atoms with Crippen molar-refractivity contribution < 1.29 is 19.1 Å². The van der Waals surface area contributed by atoms with Gasteiger partial charge in [-0.25, -0.2) is 14.0 Å². The summed E-state index contributed by atoms with van der Waals surface area (Å²) >= 11 is 0. The van der Waals surface area contributed by atoms with Crippen LogP contribution < -0.4 is 5.32 Å². The van der Waals surface area contributed by atoms with Gasteiger partial charge >= 0.3 is 12.0 Å².